The highest BCUT2D eigenvalue weighted by Gasteiger charge is 2.16. The lowest BCUT2D eigenvalue weighted by Gasteiger charge is -2.32. The van der Waals surface area contributed by atoms with Crippen molar-refractivity contribution >= 4 is 5.84 Å². The fraction of sp³-hybridized carbons (Fsp3) is 0.880. The van der Waals surface area contributed by atoms with Crippen molar-refractivity contribution in [1.82, 2.24) is 4.90 Å². The molecule has 1 rings (SSSR count). The van der Waals surface area contributed by atoms with Crippen LogP contribution < -0.4 is 0 Å². The maximum atomic E-state index is 4.61. The summed E-state index contributed by atoms with van der Waals surface area (Å²) in [5.41, 5.74) is 1.17. The summed E-state index contributed by atoms with van der Waals surface area (Å²) in [6.45, 7) is 10.0. The first-order valence-corrected chi connectivity index (χ1v) is 12.2. The van der Waals surface area contributed by atoms with Gasteiger partial charge in [0.15, 0.2) is 0 Å². The summed E-state index contributed by atoms with van der Waals surface area (Å²) < 4.78 is 0. The van der Waals surface area contributed by atoms with Crippen LogP contribution in [-0.4, -0.2) is 23.3 Å². The van der Waals surface area contributed by atoms with Crippen LogP contribution in [0.4, 0.5) is 0 Å². The van der Waals surface area contributed by atoms with E-state index in [9.17, 15) is 0 Å². The van der Waals surface area contributed by atoms with E-state index in [1.54, 1.807) is 0 Å². The first-order chi connectivity index (χ1) is 13.1. The highest BCUT2D eigenvalue weighted by atomic mass is 15.2. The fourth-order valence-electron chi connectivity index (χ4n) is 4.29. The molecule has 1 atom stereocenters. The lowest BCUT2D eigenvalue weighted by Crippen LogP contribution is -2.38. The van der Waals surface area contributed by atoms with E-state index >= 15 is 0 Å². The summed E-state index contributed by atoms with van der Waals surface area (Å²) in [4.78, 5) is 7.07. The second-order valence-corrected chi connectivity index (χ2v) is 8.70. The van der Waals surface area contributed by atoms with Gasteiger partial charge in [-0.25, -0.2) is 4.99 Å². The van der Waals surface area contributed by atoms with Crippen LogP contribution in [0.3, 0.4) is 0 Å². The van der Waals surface area contributed by atoms with Crippen molar-refractivity contribution in [1.29, 1.82) is 0 Å². The van der Waals surface area contributed by atoms with Crippen LogP contribution in [0.2, 0.25) is 0 Å². The second kappa shape index (κ2) is 16.2. The molecule has 0 radical (unpaired) electrons. The van der Waals surface area contributed by atoms with Gasteiger partial charge < -0.3 is 4.90 Å². The second-order valence-electron chi connectivity index (χ2n) is 8.70. The van der Waals surface area contributed by atoms with Crippen molar-refractivity contribution in [3.05, 3.63) is 11.8 Å². The topological polar surface area (TPSA) is 15.6 Å². The van der Waals surface area contributed by atoms with E-state index in [-0.39, 0.29) is 0 Å². The third-order valence-electron chi connectivity index (χ3n) is 5.98. The van der Waals surface area contributed by atoms with E-state index in [0.717, 1.165) is 0 Å². The van der Waals surface area contributed by atoms with Gasteiger partial charge >= 0.3 is 0 Å². The number of amidine groups is 1. The SMILES string of the molecule is CCCCCCCCCCCCCCCCCCN1C(C)=NC(C)=CC1C. The fourth-order valence-corrected chi connectivity index (χ4v) is 4.29. The van der Waals surface area contributed by atoms with Crippen LogP contribution in [0, 0.1) is 0 Å². The van der Waals surface area contributed by atoms with E-state index < -0.39 is 0 Å². The normalized spacial score (nSPS) is 17.2. The average molecular weight is 377 g/mol. The van der Waals surface area contributed by atoms with Crippen LogP contribution in [0.25, 0.3) is 0 Å². The molecule has 0 saturated carbocycles. The summed E-state index contributed by atoms with van der Waals surface area (Å²) in [5.74, 6) is 1.20. The van der Waals surface area contributed by atoms with Gasteiger partial charge in [0.25, 0.3) is 0 Å². The van der Waals surface area contributed by atoms with E-state index in [1.807, 2.05) is 0 Å². The molecule has 1 aliphatic rings. The van der Waals surface area contributed by atoms with E-state index in [1.165, 1.54) is 121 Å². The minimum Gasteiger partial charge on any atom is -0.354 e. The summed E-state index contributed by atoms with van der Waals surface area (Å²) in [6, 6.07) is 0.513. The molecule has 1 heterocycles. The van der Waals surface area contributed by atoms with Crippen molar-refractivity contribution in [3.63, 3.8) is 0 Å². The van der Waals surface area contributed by atoms with Crippen LogP contribution in [0.1, 0.15) is 130 Å². The largest absolute Gasteiger partial charge is 0.354 e. The molecule has 0 amide bonds. The van der Waals surface area contributed by atoms with Crippen LogP contribution >= 0.6 is 0 Å². The zero-order chi connectivity index (χ0) is 19.7. The van der Waals surface area contributed by atoms with Gasteiger partial charge in [0.1, 0.15) is 5.84 Å². The van der Waals surface area contributed by atoms with E-state index in [2.05, 4.69) is 43.7 Å². The van der Waals surface area contributed by atoms with E-state index in [0.29, 0.717) is 6.04 Å². The van der Waals surface area contributed by atoms with Crippen molar-refractivity contribution in [2.45, 2.75) is 136 Å². The van der Waals surface area contributed by atoms with Crippen molar-refractivity contribution in [2.75, 3.05) is 6.54 Å². The number of hydrogen-bond acceptors (Lipinski definition) is 2. The number of allylic oxidation sites excluding steroid dienone is 1. The minimum absolute atomic E-state index is 0.513. The van der Waals surface area contributed by atoms with Crippen LogP contribution in [0.5, 0.6) is 0 Å². The lowest BCUT2D eigenvalue weighted by molar-refractivity contribution is 0.354. The predicted molar refractivity (Wildman–Crippen MR) is 123 cm³/mol. The number of hydrogen-bond donors (Lipinski definition) is 0. The molecule has 0 aliphatic carbocycles. The first-order valence-electron chi connectivity index (χ1n) is 12.2. The van der Waals surface area contributed by atoms with Crippen molar-refractivity contribution in [3.8, 4) is 0 Å². The molecule has 0 aromatic carbocycles. The standard InChI is InChI=1S/C25H48N2/c1-5-6-7-8-9-10-11-12-13-14-15-16-17-18-19-20-21-27-24(3)22-23(2)26-25(27)4/h22,24H,5-21H2,1-4H3. The summed E-state index contributed by atoms with van der Waals surface area (Å²) in [7, 11) is 0. The molecule has 27 heavy (non-hydrogen) atoms. The quantitative estimate of drug-likeness (QED) is 0.233. The number of unbranched alkanes of at least 4 members (excludes halogenated alkanes) is 15. The summed E-state index contributed by atoms with van der Waals surface area (Å²) in [6.07, 6.45) is 25.2. The summed E-state index contributed by atoms with van der Waals surface area (Å²) >= 11 is 0. The predicted octanol–water partition coefficient (Wildman–Crippen LogP) is 8.27. The van der Waals surface area contributed by atoms with E-state index in [4.69, 9.17) is 0 Å². The van der Waals surface area contributed by atoms with Gasteiger partial charge in [-0.15, -0.1) is 0 Å². The van der Waals surface area contributed by atoms with Gasteiger partial charge in [0, 0.05) is 18.3 Å². The molecule has 2 heteroatoms. The molecular weight excluding hydrogens is 328 g/mol. The monoisotopic (exact) mass is 376 g/mol. The molecule has 0 aromatic heterocycles. The Labute approximate surface area is 170 Å². The Morgan fingerprint density at radius 1 is 0.704 bits per heavy atom. The molecule has 0 saturated heterocycles. The Morgan fingerprint density at radius 3 is 1.52 bits per heavy atom. The van der Waals surface area contributed by atoms with Gasteiger partial charge in [-0.1, -0.05) is 103 Å². The molecule has 2 nitrogen and oxygen atoms in total. The van der Waals surface area contributed by atoms with Gasteiger partial charge in [0.2, 0.25) is 0 Å². The molecule has 0 spiro atoms. The molecule has 158 valence electrons. The molecule has 0 N–H and O–H groups in total. The number of aliphatic imine (C=N–C) groups is 1. The third kappa shape index (κ3) is 12.3. The maximum Gasteiger partial charge on any atom is 0.102 e. The maximum absolute atomic E-state index is 4.61. The van der Waals surface area contributed by atoms with Crippen LogP contribution in [-0.2, 0) is 0 Å². The highest BCUT2D eigenvalue weighted by Crippen LogP contribution is 2.16. The van der Waals surface area contributed by atoms with Crippen LogP contribution in [0.15, 0.2) is 16.8 Å². The Bertz CT molecular complexity index is 411. The zero-order valence-corrected chi connectivity index (χ0v) is 19.1. The number of rotatable bonds is 17. The van der Waals surface area contributed by atoms with Crippen molar-refractivity contribution in [2.24, 2.45) is 4.99 Å². The average Bonchev–Trinajstić information content (AvgIpc) is 2.63. The molecule has 0 aromatic rings. The highest BCUT2D eigenvalue weighted by molar-refractivity contribution is 5.82. The molecule has 1 aliphatic heterocycles. The van der Waals surface area contributed by atoms with Crippen molar-refractivity contribution < 1.29 is 0 Å². The first kappa shape index (κ1) is 24.2. The smallest absolute Gasteiger partial charge is 0.102 e. The third-order valence-corrected chi connectivity index (χ3v) is 5.98. The Balaban J connectivity index is 1.81. The minimum atomic E-state index is 0.513. The van der Waals surface area contributed by atoms with Gasteiger partial charge in [0.05, 0.1) is 0 Å². The summed E-state index contributed by atoms with van der Waals surface area (Å²) in [5, 5.41) is 0. The lowest BCUT2D eigenvalue weighted by atomic mass is 10.0. The molecule has 1 unspecified atom stereocenters. The van der Waals surface area contributed by atoms with Gasteiger partial charge in [-0.05, 0) is 33.3 Å². The van der Waals surface area contributed by atoms with Gasteiger partial charge in [-0.2, -0.15) is 0 Å². The van der Waals surface area contributed by atoms with Gasteiger partial charge in [-0.3, -0.25) is 0 Å². The molecule has 0 bridgehead atoms. The Hall–Kier alpha value is -0.790. The number of nitrogens with zero attached hydrogens (tertiary/aromatic N) is 2. The molecular formula is C25H48N2. The molecule has 0 fully saturated rings. The Morgan fingerprint density at radius 2 is 1.11 bits per heavy atom. The Kier molecular flexibility index (Phi) is 14.5. The zero-order valence-electron chi connectivity index (χ0n) is 19.1.